The number of anilines is 7. The van der Waals surface area contributed by atoms with Gasteiger partial charge in [-0.15, -0.1) is 0 Å². The number of hydrogen-bond acceptors (Lipinski definition) is 9. The van der Waals surface area contributed by atoms with Crippen LogP contribution in [0.5, 0.6) is 0 Å². The zero-order valence-corrected chi connectivity index (χ0v) is 16.9. The van der Waals surface area contributed by atoms with Crippen LogP contribution < -0.4 is 45.6 Å². The van der Waals surface area contributed by atoms with Crippen molar-refractivity contribution in [3.05, 3.63) is 24.9 Å². The molecule has 9 nitrogen and oxygen atoms in total. The van der Waals surface area contributed by atoms with Gasteiger partial charge in [-0.3, -0.25) is 4.79 Å². The molecule has 1 heterocycles. The minimum Gasteiger partial charge on any atom is -0.451 e. The third kappa shape index (κ3) is 2.40. The Labute approximate surface area is 168 Å². The number of nitrogen functional groups attached to an aromatic ring is 7. The highest BCUT2D eigenvalue weighted by atomic mass is 127. The molecule has 3 aromatic rings. The Morgan fingerprint density at radius 3 is 1.81 bits per heavy atom. The Bertz CT molecular complexity index is 1170. The van der Waals surface area contributed by atoms with Gasteiger partial charge in [0.15, 0.2) is 11.3 Å². The van der Waals surface area contributed by atoms with Gasteiger partial charge in [0.2, 0.25) is 5.43 Å². The van der Waals surface area contributed by atoms with Crippen molar-refractivity contribution in [1.29, 1.82) is 0 Å². The Balaban J connectivity index is 2.57. The van der Waals surface area contributed by atoms with Gasteiger partial charge in [-0.1, -0.05) is 0 Å². The van der Waals surface area contributed by atoms with Gasteiger partial charge in [0, 0.05) is 5.69 Å². The molecule has 0 bridgehead atoms. The molecule has 10 heteroatoms. The van der Waals surface area contributed by atoms with Crippen LogP contribution in [0, 0.1) is 17.4 Å². The third-order valence-electron chi connectivity index (χ3n) is 4.85. The molecule has 1 aromatic heterocycles. The van der Waals surface area contributed by atoms with Crippen LogP contribution in [0.4, 0.5) is 39.8 Å². The van der Waals surface area contributed by atoms with E-state index in [4.69, 9.17) is 44.6 Å². The number of benzene rings is 2. The fourth-order valence-corrected chi connectivity index (χ4v) is 3.77. The molecule has 0 spiro atoms. The lowest BCUT2D eigenvalue weighted by Gasteiger charge is -2.18. The first-order chi connectivity index (χ1) is 12.5. The maximum atomic E-state index is 13.0. The van der Waals surface area contributed by atoms with E-state index < -0.39 is 5.43 Å². The van der Waals surface area contributed by atoms with E-state index in [0.717, 1.165) is 0 Å². The lowest BCUT2D eigenvalue weighted by molar-refractivity contribution is 0.622. The second kappa shape index (κ2) is 6.01. The molecule has 2 aromatic carbocycles. The summed E-state index contributed by atoms with van der Waals surface area (Å²) in [4.78, 5) is 13.0. The third-order valence-corrected chi connectivity index (χ3v) is 5.98. The molecule has 142 valence electrons. The summed E-state index contributed by atoms with van der Waals surface area (Å²) in [7, 11) is 0. The van der Waals surface area contributed by atoms with Crippen molar-refractivity contribution in [3.8, 4) is 11.3 Å². The molecule has 27 heavy (non-hydrogen) atoms. The Morgan fingerprint density at radius 2 is 1.22 bits per heavy atom. The van der Waals surface area contributed by atoms with E-state index in [1.807, 2.05) is 22.6 Å². The van der Waals surface area contributed by atoms with Crippen molar-refractivity contribution in [1.82, 2.24) is 0 Å². The van der Waals surface area contributed by atoms with E-state index in [1.165, 1.54) is 0 Å². The normalized spacial score (nSPS) is 11.2. The maximum absolute atomic E-state index is 13.0. The smallest absolute Gasteiger partial charge is 0.218 e. The van der Waals surface area contributed by atoms with Crippen LogP contribution >= 0.6 is 22.6 Å². The number of fused-ring (bicyclic) bond motifs is 1. The molecule has 0 radical (unpaired) electrons. The van der Waals surface area contributed by atoms with E-state index >= 15 is 0 Å². The SMILES string of the molecule is Cc1c(C)c(N)c2c(=O)c(N)c(-c3c(N)c(N)c(N)c(N)c3I)oc2c1N. The summed E-state index contributed by atoms with van der Waals surface area (Å²) in [6, 6.07) is 0. The minimum atomic E-state index is -0.511. The number of nitrogens with two attached hydrogens (primary N) is 7. The first-order valence-electron chi connectivity index (χ1n) is 7.82. The molecule has 3 rings (SSSR count). The van der Waals surface area contributed by atoms with Gasteiger partial charge in [0.25, 0.3) is 0 Å². The van der Waals surface area contributed by atoms with Crippen molar-refractivity contribution < 1.29 is 4.42 Å². The van der Waals surface area contributed by atoms with Gasteiger partial charge < -0.3 is 44.6 Å². The number of halogens is 1. The summed E-state index contributed by atoms with van der Waals surface area (Å²) >= 11 is 1.94. The molecule has 14 N–H and O–H groups in total. The van der Waals surface area contributed by atoms with Crippen molar-refractivity contribution in [2.45, 2.75) is 13.8 Å². The summed E-state index contributed by atoms with van der Waals surface area (Å²) in [6.45, 7) is 3.56. The van der Waals surface area contributed by atoms with Gasteiger partial charge in [-0.2, -0.15) is 0 Å². The quantitative estimate of drug-likeness (QED) is 0.199. The highest BCUT2D eigenvalue weighted by Gasteiger charge is 2.25. The average molecular weight is 481 g/mol. The molecule has 0 unspecified atom stereocenters. The second-order valence-electron chi connectivity index (χ2n) is 6.30. The topological polar surface area (TPSA) is 212 Å². The van der Waals surface area contributed by atoms with Crippen LogP contribution in [-0.4, -0.2) is 0 Å². The molecular weight excluding hydrogens is 461 g/mol. The number of hydrogen-bond donors (Lipinski definition) is 7. The van der Waals surface area contributed by atoms with Gasteiger partial charge in [0.05, 0.1) is 43.0 Å². The van der Waals surface area contributed by atoms with Crippen LogP contribution in [0.1, 0.15) is 11.1 Å². The van der Waals surface area contributed by atoms with E-state index in [2.05, 4.69) is 0 Å². The molecule has 0 saturated carbocycles. The van der Waals surface area contributed by atoms with Crippen molar-refractivity contribution in [3.63, 3.8) is 0 Å². The molecule has 0 aliphatic heterocycles. The van der Waals surface area contributed by atoms with Crippen molar-refractivity contribution >= 4 is 73.4 Å². The van der Waals surface area contributed by atoms with E-state index in [-0.39, 0.29) is 56.4 Å². The molecule has 0 aliphatic rings. The molecule has 0 saturated heterocycles. The summed E-state index contributed by atoms with van der Waals surface area (Å²) in [5.74, 6) is 0.0159. The predicted molar refractivity (Wildman–Crippen MR) is 121 cm³/mol. The fourth-order valence-electron chi connectivity index (χ4n) is 2.95. The van der Waals surface area contributed by atoms with Crippen LogP contribution in [-0.2, 0) is 0 Å². The summed E-state index contributed by atoms with van der Waals surface area (Å²) in [5, 5.41) is 0.127. The monoisotopic (exact) mass is 481 g/mol. The zero-order chi connectivity index (χ0) is 20.4. The maximum Gasteiger partial charge on any atom is 0.218 e. The average Bonchev–Trinajstić information content (AvgIpc) is 2.64. The Hall–Kier alpha value is -3.02. The summed E-state index contributed by atoms with van der Waals surface area (Å²) in [5.41, 5.74) is 44.6. The molecule has 0 amide bonds. The Kier molecular flexibility index (Phi) is 4.18. The summed E-state index contributed by atoms with van der Waals surface area (Å²) < 4.78 is 6.41. The van der Waals surface area contributed by atoms with Crippen LogP contribution in [0.3, 0.4) is 0 Å². The van der Waals surface area contributed by atoms with Crippen LogP contribution in [0.2, 0.25) is 0 Å². The van der Waals surface area contributed by atoms with Crippen LogP contribution in [0.25, 0.3) is 22.3 Å². The predicted octanol–water partition coefficient (Wildman–Crippen LogP) is 1.76. The van der Waals surface area contributed by atoms with E-state index in [0.29, 0.717) is 20.4 Å². The largest absolute Gasteiger partial charge is 0.451 e. The second-order valence-corrected chi connectivity index (χ2v) is 7.38. The van der Waals surface area contributed by atoms with Gasteiger partial charge >= 0.3 is 0 Å². The molecular formula is C17H20IN7O2. The lowest BCUT2D eigenvalue weighted by Crippen LogP contribution is -2.15. The van der Waals surface area contributed by atoms with Crippen molar-refractivity contribution in [2.75, 3.05) is 40.1 Å². The molecule has 0 atom stereocenters. The standard InChI is InChI=1S/C17H20IN7O2/c1-3-4(2)9(20)17-6(8(3)19)15(26)14(25)16(27-17)5-7(18)11(22)13(24)12(23)10(5)21/h19-25H2,1-2H3. The fraction of sp³-hybridized carbons (Fsp3) is 0.118. The van der Waals surface area contributed by atoms with Gasteiger partial charge in [-0.05, 0) is 47.6 Å². The molecule has 0 aliphatic carbocycles. The van der Waals surface area contributed by atoms with Crippen molar-refractivity contribution in [2.24, 2.45) is 0 Å². The number of rotatable bonds is 1. The highest BCUT2D eigenvalue weighted by Crippen LogP contribution is 2.45. The van der Waals surface area contributed by atoms with Crippen LogP contribution in [0.15, 0.2) is 9.21 Å². The zero-order valence-electron chi connectivity index (χ0n) is 14.7. The lowest BCUT2D eigenvalue weighted by atomic mass is 9.99. The highest BCUT2D eigenvalue weighted by molar-refractivity contribution is 14.1. The summed E-state index contributed by atoms with van der Waals surface area (Å²) in [6.07, 6.45) is 0. The molecule has 0 fully saturated rings. The first kappa shape index (κ1) is 18.8. The van der Waals surface area contributed by atoms with Gasteiger partial charge in [0.1, 0.15) is 5.69 Å². The first-order valence-corrected chi connectivity index (χ1v) is 8.90. The van der Waals surface area contributed by atoms with Gasteiger partial charge in [-0.25, -0.2) is 0 Å². The van der Waals surface area contributed by atoms with E-state index in [1.54, 1.807) is 13.8 Å². The van der Waals surface area contributed by atoms with E-state index in [9.17, 15) is 4.79 Å². The Morgan fingerprint density at radius 1 is 0.704 bits per heavy atom. The minimum absolute atomic E-state index is 0.0159.